The van der Waals surface area contributed by atoms with Crippen LogP contribution < -0.4 is 5.73 Å². The molecule has 0 saturated carbocycles. The van der Waals surface area contributed by atoms with Gasteiger partial charge in [-0.3, -0.25) is 4.79 Å². The Balaban J connectivity index is 2.14. The number of anilines is 1. The van der Waals surface area contributed by atoms with Gasteiger partial charge in [0, 0.05) is 24.8 Å². The van der Waals surface area contributed by atoms with Gasteiger partial charge in [-0.2, -0.15) is 0 Å². The molecule has 2 N–H and O–H groups in total. The number of carbonyl (C=O) groups excluding carboxylic acids is 1. The van der Waals surface area contributed by atoms with Crippen molar-refractivity contribution in [3.63, 3.8) is 0 Å². The molecule has 0 bridgehead atoms. The summed E-state index contributed by atoms with van der Waals surface area (Å²) in [6.07, 6.45) is 3.01. The Morgan fingerprint density at radius 3 is 2.47 bits per heavy atom. The Hall–Kier alpha value is -1.65. The Morgan fingerprint density at radius 2 is 1.89 bits per heavy atom. The molecule has 5 heteroatoms. The second-order valence-corrected chi connectivity index (χ2v) is 5.00. The van der Waals surface area contributed by atoms with Gasteiger partial charge in [-0.05, 0) is 24.8 Å². The molecule has 0 aromatic heterocycles. The molecule has 1 heterocycles. The molecule has 104 valence electrons. The average molecular weight is 268 g/mol. The molecule has 1 amide bonds. The maximum absolute atomic E-state index is 13.2. The number of nitrogen functional groups attached to an aromatic ring is 1. The van der Waals surface area contributed by atoms with Gasteiger partial charge in [0.15, 0.2) is 11.6 Å². The van der Waals surface area contributed by atoms with Crippen molar-refractivity contribution in [2.24, 2.45) is 5.92 Å². The largest absolute Gasteiger partial charge is 0.398 e. The minimum Gasteiger partial charge on any atom is -0.398 e. The number of rotatable bonds is 2. The summed E-state index contributed by atoms with van der Waals surface area (Å²) in [5.74, 6) is -1.74. The van der Waals surface area contributed by atoms with Crippen molar-refractivity contribution in [1.82, 2.24) is 4.90 Å². The van der Waals surface area contributed by atoms with Gasteiger partial charge < -0.3 is 10.6 Å². The van der Waals surface area contributed by atoms with E-state index in [0.717, 1.165) is 31.4 Å². The minimum absolute atomic E-state index is 0.0125. The van der Waals surface area contributed by atoms with Gasteiger partial charge in [-0.1, -0.05) is 13.3 Å². The molecule has 1 aromatic carbocycles. The standard InChI is InChI=1S/C14H18F2N2O/c1-2-9-3-5-18(6-4-9)14(19)10-7-11(15)12(16)8-13(10)17/h7-9H,2-6,17H2,1H3. The highest BCUT2D eigenvalue weighted by atomic mass is 19.2. The summed E-state index contributed by atoms with van der Waals surface area (Å²) in [5.41, 5.74) is 5.63. The van der Waals surface area contributed by atoms with E-state index in [-0.39, 0.29) is 17.2 Å². The summed E-state index contributed by atoms with van der Waals surface area (Å²) >= 11 is 0. The monoisotopic (exact) mass is 268 g/mol. The Labute approximate surface area is 111 Å². The lowest BCUT2D eigenvalue weighted by molar-refractivity contribution is 0.0689. The van der Waals surface area contributed by atoms with Crippen LogP contribution in [0.15, 0.2) is 12.1 Å². The van der Waals surface area contributed by atoms with E-state index in [4.69, 9.17) is 5.73 Å². The number of nitrogens with two attached hydrogens (primary N) is 1. The molecule has 1 fully saturated rings. The van der Waals surface area contributed by atoms with E-state index in [1.165, 1.54) is 0 Å². The zero-order valence-electron chi connectivity index (χ0n) is 11.0. The number of piperidine rings is 1. The van der Waals surface area contributed by atoms with E-state index >= 15 is 0 Å². The number of hydrogen-bond acceptors (Lipinski definition) is 2. The molecule has 1 saturated heterocycles. The number of hydrogen-bond donors (Lipinski definition) is 1. The Kier molecular flexibility index (Phi) is 4.02. The lowest BCUT2D eigenvalue weighted by Crippen LogP contribution is -2.38. The van der Waals surface area contributed by atoms with E-state index in [1.54, 1.807) is 4.90 Å². The van der Waals surface area contributed by atoms with Gasteiger partial charge in [-0.25, -0.2) is 8.78 Å². The third kappa shape index (κ3) is 2.85. The number of nitrogens with zero attached hydrogens (tertiary/aromatic N) is 1. The third-order valence-electron chi connectivity index (χ3n) is 3.80. The van der Waals surface area contributed by atoms with Crippen molar-refractivity contribution in [2.45, 2.75) is 26.2 Å². The first kappa shape index (κ1) is 13.8. The molecule has 3 nitrogen and oxygen atoms in total. The van der Waals surface area contributed by atoms with Crippen molar-refractivity contribution in [3.8, 4) is 0 Å². The van der Waals surface area contributed by atoms with Gasteiger partial charge in [0.25, 0.3) is 5.91 Å². The van der Waals surface area contributed by atoms with E-state index in [1.807, 2.05) is 0 Å². The zero-order chi connectivity index (χ0) is 14.0. The molecule has 19 heavy (non-hydrogen) atoms. The van der Waals surface area contributed by atoms with Crippen LogP contribution in [-0.2, 0) is 0 Å². The van der Waals surface area contributed by atoms with Gasteiger partial charge >= 0.3 is 0 Å². The van der Waals surface area contributed by atoms with Gasteiger partial charge in [0.1, 0.15) is 0 Å². The smallest absolute Gasteiger partial charge is 0.256 e. The van der Waals surface area contributed by atoms with Crippen LogP contribution in [0.2, 0.25) is 0 Å². The number of amides is 1. The SMILES string of the molecule is CCC1CCN(C(=O)c2cc(F)c(F)cc2N)CC1. The lowest BCUT2D eigenvalue weighted by Gasteiger charge is -2.31. The van der Waals surface area contributed by atoms with Crippen molar-refractivity contribution in [2.75, 3.05) is 18.8 Å². The summed E-state index contributed by atoms with van der Waals surface area (Å²) < 4.78 is 26.2. The Bertz CT molecular complexity index is 483. The highest BCUT2D eigenvalue weighted by molar-refractivity contribution is 5.99. The van der Waals surface area contributed by atoms with Crippen LogP contribution in [0.4, 0.5) is 14.5 Å². The highest BCUT2D eigenvalue weighted by Crippen LogP contribution is 2.24. The van der Waals surface area contributed by atoms with E-state index in [9.17, 15) is 13.6 Å². The maximum Gasteiger partial charge on any atom is 0.256 e. The quantitative estimate of drug-likeness (QED) is 0.838. The molecular formula is C14H18F2N2O. The van der Waals surface area contributed by atoms with Crippen LogP contribution in [0, 0.1) is 17.6 Å². The van der Waals surface area contributed by atoms with Crippen LogP contribution >= 0.6 is 0 Å². The van der Waals surface area contributed by atoms with Crippen LogP contribution in [-0.4, -0.2) is 23.9 Å². The normalized spacial score (nSPS) is 16.7. The summed E-state index contributed by atoms with van der Waals surface area (Å²) in [6.45, 7) is 3.43. The molecular weight excluding hydrogens is 250 g/mol. The first-order valence-electron chi connectivity index (χ1n) is 6.56. The van der Waals surface area contributed by atoms with E-state index in [2.05, 4.69) is 6.92 Å². The van der Waals surface area contributed by atoms with Crippen LogP contribution in [0.1, 0.15) is 36.5 Å². The van der Waals surface area contributed by atoms with Gasteiger partial charge in [0.2, 0.25) is 0 Å². The van der Waals surface area contributed by atoms with Crippen molar-refractivity contribution in [1.29, 1.82) is 0 Å². The molecule has 0 unspecified atom stereocenters. The van der Waals surface area contributed by atoms with Crippen LogP contribution in [0.25, 0.3) is 0 Å². The van der Waals surface area contributed by atoms with Crippen LogP contribution in [0.3, 0.4) is 0 Å². The summed E-state index contributed by atoms with van der Waals surface area (Å²) in [5, 5.41) is 0. The van der Waals surface area contributed by atoms with Crippen molar-refractivity contribution >= 4 is 11.6 Å². The Morgan fingerprint density at radius 1 is 1.32 bits per heavy atom. The van der Waals surface area contributed by atoms with Crippen LogP contribution in [0.5, 0.6) is 0 Å². The predicted molar refractivity (Wildman–Crippen MR) is 69.7 cm³/mol. The fraction of sp³-hybridized carbons (Fsp3) is 0.500. The van der Waals surface area contributed by atoms with Gasteiger partial charge in [0.05, 0.1) is 5.56 Å². The molecule has 0 spiro atoms. The first-order valence-corrected chi connectivity index (χ1v) is 6.56. The molecule has 2 rings (SSSR count). The highest BCUT2D eigenvalue weighted by Gasteiger charge is 2.24. The second kappa shape index (κ2) is 5.55. The van der Waals surface area contributed by atoms with E-state index in [0.29, 0.717) is 19.0 Å². The minimum atomic E-state index is -1.04. The molecule has 0 radical (unpaired) electrons. The molecule has 1 aromatic rings. The maximum atomic E-state index is 13.2. The number of benzene rings is 1. The van der Waals surface area contributed by atoms with Crippen molar-refractivity contribution < 1.29 is 13.6 Å². The third-order valence-corrected chi connectivity index (χ3v) is 3.80. The summed E-state index contributed by atoms with van der Waals surface area (Å²) in [6, 6.07) is 1.75. The lowest BCUT2D eigenvalue weighted by atomic mass is 9.94. The second-order valence-electron chi connectivity index (χ2n) is 5.00. The number of carbonyl (C=O) groups is 1. The fourth-order valence-electron chi connectivity index (χ4n) is 2.46. The predicted octanol–water partition coefficient (Wildman–Crippen LogP) is 2.81. The molecule has 1 aliphatic heterocycles. The van der Waals surface area contributed by atoms with Crippen molar-refractivity contribution in [3.05, 3.63) is 29.3 Å². The number of likely N-dealkylation sites (tertiary alicyclic amines) is 1. The summed E-state index contributed by atoms with van der Waals surface area (Å²) in [4.78, 5) is 13.9. The topological polar surface area (TPSA) is 46.3 Å². The summed E-state index contributed by atoms with van der Waals surface area (Å²) in [7, 11) is 0. The average Bonchev–Trinajstić information content (AvgIpc) is 2.42. The number of halogens is 2. The fourth-order valence-corrected chi connectivity index (χ4v) is 2.46. The first-order chi connectivity index (χ1) is 9.02. The zero-order valence-corrected chi connectivity index (χ0v) is 11.0. The molecule has 0 aliphatic carbocycles. The molecule has 0 atom stereocenters. The van der Waals surface area contributed by atoms with E-state index < -0.39 is 11.6 Å². The molecule has 1 aliphatic rings. The van der Waals surface area contributed by atoms with Gasteiger partial charge in [-0.15, -0.1) is 0 Å².